The third kappa shape index (κ3) is 3.71. The van der Waals surface area contributed by atoms with Gasteiger partial charge in [0.1, 0.15) is 11.3 Å². The van der Waals surface area contributed by atoms with E-state index >= 15 is 0 Å². The fraction of sp³-hybridized carbons (Fsp3) is 0.381. The van der Waals surface area contributed by atoms with Crippen molar-refractivity contribution in [3.63, 3.8) is 0 Å². The van der Waals surface area contributed by atoms with Crippen LogP contribution in [0.15, 0.2) is 42.7 Å². The fourth-order valence-corrected chi connectivity index (χ4v) is 4.09. The predicted molar refractivity (Wildman–Crippen MR) is 108 cm³/mol. The van der Waals surface area contributed by atoms with Crippen LogP contribution < -0.4 is 10.2 Å². The first-order valence-electron chi connectivity index (χ1n) is 10.1. The number of phenols is 1. The molecule has 1 unspecified atom stereocenters. The molecular formula is C21H21F3N6O. The lowest BCUT2D eigenvalue weighted by atomic mass is 10.0. The van der Waals surface area contributed by atoms with Gasteiger partial charge in [-0.3, -0.25) is 10.4 Å². The SMILES string of the molecule is Oc1cc(-c2cn[nH]c2)ccc1-c1ccc(N2CCC(NC3(C(F)(F)F)CC3)C2)nn1. The normalized spacial score (nSPS) is 20.2. The van der Waals surface area contributed by atoms with E-state index in [2.05, 4.69) is 25.7 Å². The fourth-order valence-electron chi connectivity index (χ4n) is 4.09. The second kappa shape index (κ2) is 7.23. The number of alkyl halides is 3. The average molecular weight is 430 g/mol. The van der Waals surface area contributed by atoms with Crippen molar-refractivity contribution in [2.45, 2.75) is 37.0 Å². The number of hydrogen-bond donors (Lipinski definition) is 3. The zero-order valence-electron chi connectivity index (χ0n) is 16.5. The van der Waals surface area contributed by atoms with Gasteiger partial charge in [-0.15, -0.1) is 10.2 Å². The van der Waals surface area contributed by atoms with Gasteiger partial charge in [-0.1, -0.05) is 6.07 Å². The standard InChI is InChI=1S/C21H21F3N6O/c22-21(23,24)20(6-7-20)27-15-5-8-30(12-15)19-4-3-17(28-29-19)16-2-1-13(9-18(16)31)14-10-25-26-11-14/h1-4,9-11,15,27,31H,5-8,12H2,(H,25,26). The Morgan fingerprint density at radius 2 is 1.97 bits per heavy atom. The minimum absolute atomic E-state index is 0.0769. The molecular weight excluding hydrogens is 409 g/mol. The number of phenolic OH excluding ortho intramolecular Hbond substituents is 1. The number of aromatic amines is 1. The highest BCUT2D eigenvalue weighted by atomic mass is 19.4. The van der Waals surface area contributed by atoms with Crippen LogP contribution >= 0.6 is 0 Å². The lowest BCUT2D eigenvalue weighted by Gasteiger charge is -2.25. The van der Waals surface area contributed by atoms with Crippen molar-refractivity contribution in [3.05, 3.63) is 42.7 Å². The lowest BCUT2D eigenvalue weighted by Crippen LogP contribution is -2.50. The number of nitrogens with one attached hydrogen (secondary N) is 2. The van der Waals surface area contributed by atoms with Crippen LogP contribution in [-0.2, 0) is 0 Å². The molecule has 1 saturated carbocycles. The molecule has 1 atom stereocenters. The minimum Gasteiger partial charge on any atom is -0.507 e. The number of rotatable bonds is 5. The maximum atomic E-state index is 13.2. The summed E-state index contributed by atoms with van der Waals surface area (Å²) in [4.78, 5) is 1.93. The summed E-state index contributed by atoms with van der Waals surface area (Å²) in [5.41, 5.74) is 1.04. The molecule has 2 fully saturated rings. The third-order valence-corrected chi connectivity index (χ3v) is 6.04. The summed E-state index contributed by atoms with van der Waals surface area (Å²) >= 11 is 0. The Bertz CT molecular complexity index is 1060. The highest BCUT2D eigenvalue weighted by Crippen LogP contribution is 2.49. The summed E-state index contributed by atoms with van der Waals surface area (Å²) in [6, 6.07) is 8.58. The van der Waals surface area contributed by atoms with E-state index in [1.807, 2.05) is 11.0 Å². The molecule has 1 aliphatic heterocycles. The van der Waals surface area contributed by atoms with Crippen LogP contribution in [0.2, 0.25) is 0 Å². The van der Waals surface area contributed by atoms with Crippen molar-refractivity contribution in [3.8, 4) is 28.1 Å². The van der Waals surface area contributed by atoms with E-state index in [1.54, 1.807) is 36.7 Å². The van der Waals surface area contributed by atoms with Crippen LogP contribution in [0.5, 0.6) is 5.75 Å². The Labute approximate surface area is 176 Å². The summed E-state index contributed by atoms with van der Waals surface area (Å²) in [5, 5.41) is 28.4. The first kappa shape index (κ1) is 19.8. The van der Waals surface area contributed by atoms with Gasteiger partial charge in [-0.2, -0.15) is 18.3 Å². The van der Waals surface area contributed by atoms with Crippen molar-refractivity contribution in [2.75, 3.05) is 18.0 Å². The van der Waals surface area contributed by atoms with E-state index < -0.39 is 11.7 Å². The van der Waals surface area contributed by atoms with Crippen molar-refractivity contribution in [2.24, 2.45) is 0 Å². The van der Waals surface area contributed by atoms with Gasteiger partial charge in [0.2, 0.25) is 0 Å². The second-order valence-electron chi connectivity index (χ2n) is 8.15. The number of aromatic hydroxyl groups is 1. The van der Waals surface area contributed by atoms with E-state index in [0.29, 0.717) is 36.6 Å². The topological polar surface area (TPSA) is 90.0 Å². The minimum atomic E-state index is -4.21. The number of aromatic nitrogens is 4. The van der Waals surface area contributed by atoms with Crippen molar-refractivity contribution in [1.29, 1.82) is 0 Å². The van der Waals surface area contributed by atoms with Gasteiger partial charge in [0, 0.05) is 36.5 Å². The quantitative estimate of drug-likeness (QED) is 0.574. The Hall–Kier alpha value is -3.14. The molecule has 3 N–H and O–H groups in total. The smallest absolute Gasteiger partial charge is 0.406 e. The Kier molecular flexibility index (Phi) is 4.62. The van der Waals surface area contributed by atoms with Gasteiger partial charge in [-0.05, 0) is 49.1 Å². The largest absolute Gasteiger partial charge is 0.507 e. The number of halogens is 3. The van der Waals surface area contributed by atoms with Crippen LogP contribution in [0.4, 0.5) is 19.0 Å². The Balaban J connectivity index is 1.27. The van der Waals surface area contributed by atoms with Gasteiger partial charge in [0.15, 0.2) is 5.82 Å². The highest BCUT2D eigenvalue weighted by molar-refractivity contribution is 5.73. The third-order valence-electron chi connectivity index (χ3n) is 6.04. The molecule has 31 heavy (non-hydrogen) atoms. The molecule has 1 aliphatic carbocycles. The maximum Gasteiger partial charge on any atom is 0.406 e. The summed E-state index contributed by atoms with van der Waals surface area (Å²) in [6.45, 7) is 1.07. The molecule has 0 amide bonds. The average Bonchev–Trinajstić information content (AvgIpc) is 3.15. The molecule has 1 aromatic carbocycles. The van der Waals surface area contributed by atoms with Crippen LogP contribution in [0.1, 0.15) is 19.3 Å². The van der Waals surface area contributed by atoms with E-state index in [4.69, 9.17) is 0 Å². The Morgan fingerprint density at radius 3 is 2.58 bits per heavy atom. The summed E-state index contributed by atoms with van der Waals surface area (Å²) in [7, 11) is 0. The molecule has 2 aliphatic rings. The molecule has 162 valence electrons. The van der Waals surface area contributed by atoms with Gasteiger partial charge in [-0.25, -0.2) is 0 Å². The molecule has 1 saturated heterocycles. The van der Waals surface area contributed by atoms with Gasteiger partial charge in [0.25, 0.3) is 0 Å². The van der Waals surface area contributed by atoms with Crippen LogP contribution in [-0.4, -0.2) is 56.3 Å². The molecule has 0 spiro atoms. The molecule has 3 aromatic rings. The number of anilines is 1. The van der Waals surface area contributed by atoms with Gasteiger partial charge >= 0.3 is 6.18 Å². The number of H-pyrrole nitrogens is 1. The van der Waals surface area contributed by atoms with Gasteiger partial charge in [0.05, 0.1) is 11.9 Å². The molecule has 3 heterocycles. The van der Waals surface area contributed by atoms with Crippen molar-refractivity contribution >= 4 is 5.82 Å². The highest BCUT2D eigenvalue weighted by Gasteiger charge is 2.64. The second-order valence-corrected chi connectivity index (χ2v) is 8.15. The Morgan fingerprint density at radius 1 is 1.13 bits per heavy atom. The monoisotopic (exact) mass is 430 g/mol. The van der Waals surface area contributed by atoms with Crippen molar-refractivity contribution in [1.82, 2.24) is 25.7 Å². The van der Waals surface area contributed by atoms with E-state index in [9.17, 15) is 18.3 Å². The molecule has 10 heteroatoms. The zero-order valence-corrected chi connectivity index (χ0v) is 16.5. The lowest BCUT2D eigenvalue weighted by molar-refractivity contribution is -0.167. The molecule has 2 aromatic heterocycles. The van der Waals surface area contributed by atoms with Crippen LogP contribution in [0.25, 0.3) is 22.4 Å². The summed E-state index contributed by atoms with van der Waals surface area (Å²) in [6.07, 6.45) is 0.102. The number of benzene rings is 1. The first-order chi connectivity index (χ1) is 14.8. The molecule has 0 bridgehead atoms. The summed E-state index contributed by atoms with van der Waals surface area (Å²) < 4.78 is 39.6. The van der Waals surface area contributed by atoms with E-state index in [-0.39, 0.29) is 24.6 Å². The predicted octanol–water partition coefficient (Wildman–Crippen LogP) is 3.50. The molecule has 0 radical (unpaired) electrons. The summed E-state index contributed by atoms with van der Waals surface area (Å²) in [5.74, 6) is 0.687. The van der Waals surface area contributed by atoms with E-state index in [1.165, 1.54) is 0 Å². The van der Waals surface area contributed by atoms with Crippen LogP contribution in [0.3, 0.4) is 0 Å². The number of hydrogen-bond acceptors (Lipinski definition) is 6. The maximum absolute atomic E-state index is 13.2. The zero-order chi connectivity index (χ0) is 21.6. The van der Waals surface area contributed by atoms with Crippen molar-refractivity contribution < 1.29 is 18.3 Å². The number of nitrogens with zero attached hydrogens (tertiary/aromatic N) is 4. The van der Waals surface area contributed by atoms with Crippen LogP contribution in [0, 0.1) is 0 Å². The van der Waals surface area contributed by atoms with Gasteiger partial charge < -0.3 is 10.0 Å². The van der Waals surface area contributed by atoms with E-state index in [0.717, 1.165) is 11.1 Å². The first-order valence-corrected chi connectivity index (χ1v) is 10.1. The molecule has 5 rings (SSSR count). The molecule has 7 nitrogen and oxygen atoms in total.